The molecule has 28 heavy (non-hydrogen) atoms. The SMILES string of the molecule is CC1CCCC(C)N1CCCNC(=O)c1c(O)c2ccsc2n(C(C)C)c1=O. The molecule has 2 atom stereocenters. The zero-order valence-corrected chi connectivity index (χ0v) is 18.0. The van der Waals surface area contributed by atoms with Gasteiger partial charge in [-0.1, -0.05) is 6.42 Å². The number of piperidine rings is 1. The molecule has 0 saturated carbocycles. The lowest BCUT2D eigenvalue weighted by molar-refractivity contribution is 0.0922. The van der Waals surface area contributed by atoms with Gasteiger partial charge in [0.05, 0.1) is 5.39 Å². The van der Waals surface area contributed by atoms with Gasteiger partial charge in [-0.05, 0) is 58.4 Å². The van der Waals surface area contributed by atoms with Crippen molar-refractivity contribution in [1.29, 1.82) is 0 Å². The first kappa shape index (κ1) is 20.9. The average Bonchev–Trinajstić information content (AvgIpc) is 3.10. The van der Waals surface area contributed by atoms with Crippen LogP contribution in [0.3, 0.4) is 0 Å². The predicted molar refractivity (Wildman–Crippen MR) is 115 cm³/mol. The van der Waals surface area contributed by atoms with Crippen molar-refractivity contribution in [2.24, 2.45) is 0 Å². The van der Waals surface area contributed by atoms with E-state index in [0.717, 1.165) is 13.0 Å². The van der Waals surface area contributed by atoms with E-state index in [1.165, 1.54) is 30.6 Å². The van der Waals surface area contributed by atoms with E-state index < -0.39 is 11.5 Å². The molecule has 0 aliphatic carbocycles. The van der Waals surface area contributed by atoms with Crippen molar-refractivity contribution in [1.82, 2.24) is 14.8 Å². The van der Waals surface area contributed by atoms with Gasteiger partial charge in [-0.25, -0.2) is 0 Å². The summed E-state index contributed by atoms with van der Waals surface area (Å²) in [5, 5.41) is 15.8. The Balaban J connectivity index is 1.71. The number of nitrogens with zero attached hydrogens (tertiary/aromatic N) is 2. The van der Waals surface area contributed by atoms with Crippen molar-refractivity contribution >= 4 is 27.5 Å². The summed E-state index contributed by atoms with van der Waals surface area (Å²) in [6.07, 6.45) is 4.54. The number of thiophene rings is 1. The number of fused-ring (bicyclic) bond motifs is 1. The number of pyridine rings is 1. The van der Waals surface area contributed by atoms with E-state index in [0.29, 0.717) is 28.8 Å². The fourth-order valence-electron chi connectivity index (χ4n) is 4.26. The number of nitrogens with one attached hydrogen (secondary N) is 1. The molecule has 1 saturated heterocycles. The zero-order valence-electron chi connectivity index (χ0n) is 17.2. The van der Waals surface area contributed by atoms with Gasteiger partial charge < -0.3 is 10.4 Å². The van der Waals surface area contributed by atoms with Crippen LogP contribution in [0.25, 0.3) is 10.2 Å². The molecular formula is C21H31N3O3S. The standard InChI is InChI=1S/C21H31N3O3S/c1-13(2)24-20(27)17(18(25)16-9-12-28-21(16)24)19(26)22-10-6-11-23-14(3)7-5-8-15(23)4/h9,12-15,25H,5-8,10-11H2,1-4H3,(H,22,26). The van der Waals surface area contributed by atoms with Gasteiger partial charge in [0.1, 0.15) is 16.1 Å². The van der Waals surface area contributed by atoms with E-state index in [4.69, 9.17) is 0 Å². The number of carbonyl (C=O) groups is 1. The Bertz CT molecular complexity index is 892. The molecule has 0 aromatic carbocycles. The number of aromatic hydroxyl groups is 1. The normalized spacial score (nSPS) is 20.8. The topological polar surface area (TPSA) is 74.6 Å². The van der Waals surface area contributed by atoms with Crippen LogP contribution in [0.2, 0.25) is 0 Å². The number of hydrogen-bond donors (Lipinski definition) is 2. The van der Waals surface area contributed by atoms with Crippen LogP contribution in [0.15, 0.2) is 16.2 Å². The summed E-state index contributed by atoms with van der Waals surface area (Å²) in [5.41, 5.74) is -0.586. The Hall–Kier alpha value is -1.86. The lowest BCUT2D eigenvalue weighted by Gasteiger charge is -2.39. The number of hydrogen-bond acceptors (Lipinski definition) is 5. The number of rotatable bonds is 6. The molecule has 1 aliphatic heterocycles. The summed E-state index contributed by atoms with van der Waals surface area (Å²) < 4.78 is 1.59. The summed E-state index contributed by atoms with van der Waals surface area (Å²) in [6.45, 7) is 9.74. The van der Waals surface area contributed by atoms with Crippen LogP contribution in [0.1, 0.15) is 69.8 Å². The van der Waals surface area contributed by atoms with Gasteiger partial charge in [-0.15, -0.1) is 11.3 Å². The molecule has 3 heterocycles. The molecule has 2 unspecified atom stereocenters. The maximum atomic E-state index is 12.9. The fourth-order valence-corrected chi connectivity index (χ4v) is 5.29. The Morgan fingerprint density at radius 3 is 2.64 bits per heavy atom. The summed E-state index contributed by atoms with van der Waals surface area (Å²) in [7, 11) is 0. The van der Waals surface area contributed by atoms with Crippen molar-refractivity contribution in [2.45, 2.75) is 71.5 Å². The van der Waals surface area contributed by atoms with Gasteiger partial charge in [0.15, 0.2) is 0 Å². The second-order valence-corrected chi connectivity index (χ2v) is 9.00. The van der Waals surface area contributed by atoms with Crippen LogP contribution in [0.4, 0.5) is 0 Å². The van der Waals surface area contributed by atoms with Crippen molar-refractivity contribution in [2.75, 3.05) is 13.1 Å². The van der Waals surface area contributed by atoms with Gasteiger partial charge in [-0.3, -0.25) is 19.1 Å². The minimum atomic E-state index is -0.496. The second-order valence-electron chi connectivity index (χ2n) is 8.11. The van der Waals surface area contributed by atoms with Gasteiger partial charge >= 0.3 is 0 Å². The minimum Gasteiger partial charge on any atom is -0.506 e. The molecule has 1 aliphatic rings. The van der Waals surface area contributed by atoms with E-state index >= 15 is 0 Å². The highest BCUT2D eigenvalue weighted by Crippen LogP contribution is 2.31. The number of carbonyl (C=O) groups excluding carboxylic acids is 1. The van der Waals surface area contributed by atoms with Crippen molar-refractivity contribution < 1.29 is 9.90 Å². The number of aromatic nitrogens is 1. The third kappa shape index (κ3) is 3.96. The Morgan fingerprint density at radius 2 is 2.00 bits per heavy atom. The second kappa shape index (κ2) is 8.66. The smallest absolute Gasteiger partial charge is 0.268 e. The van der Waals surface area contributed by atoms with Crippen molar-refractivity contribution in [3.8, 4) is 5.75 Å². The van der Waals surface area contributed by atoms with Crippen LogP contribution in [-0.2, 0) is 0 Å². The lowest BCUT2D eigenvalue weighted by atomic mass is 9.97. The van der Waals surface area contributed by atoms with Crippen LogP contribution in [0.5, 0.6) is 5.75 Å². The van der Waals surface area contributed by atoms with Gasteiger partial charge in [0.2, 0.25) is 0 Å². The summed E-state index contributed by atoms with van der Waals surface area (Å²) in [5.74, 6) is -0.710. The zero-order chi connectivity index (χ0) is 20.4. The van der Waals surface area contributed by atoms with Crippen LogP contribution in [0, 0.1) is 0 Å². The van der Waals surface area contributed by atoms with Crippen molar-refractivity contribution in [3.63, 3.8) is 0 Å². The third-order valence-electron chi connectivity index (χ3n) is 5.79. The van der Waals surface area contributed by atoms with Crippen LogP contribution in [-0.4, -0.2) is 45.7 Å². The van der Waals surface area contributed by atoms with Crippen molar-refractivity contribution in [3.05, 3.63) is 27.4 Å². The van der Waals surface area contributed by atoms with E-state index in [1.54, 1.807) is 10.6 Å². The summed E-state index contributed by atoms with van der Waals surface area (Å²) in [4.78, 5) is 28.8. The van der Waals surface area contributed by atoms with Gasteiger partial charge in [0, 0.05) is 31.2 Å². The maximum Gasteiger partial charge on any atom is 0.268 e. The molecule has 7 heteroatoms. The summed E-state index contributed by atoms with van der Waals surface area (Å²) >= 11 is 1.39. The molecule has 0 radical (unpaired) electrons. The molecule has 0 bridgehead atoms. The van der Waals surface area contributed by atoms with E-state index in [2.05, 4.69) is 24.1 Å². The Labute approximate surface area is 170 Å². The molecule has 3 rings (SSSR count). The predicted octanol–water partition coefficient (Wildman–Crippen LogP) is 3.73. The molecule has 2 N–H and O–H groups in total. The Kier molecular flexibility index (Phi) is 6.45. The van der Waals surface area contributed by atoms with Crippen LogP contribution >= 0.6 is 11.3 Å². The number of likely N-dealkylation sites (tertiary alicyclic amines) is 1. The monoisotopic (exact) mass is 405 g/mol. The Morgan fingerprint density at radius 1 is 1.32 bits per heavy atom. The van der Waals surface area contributed by atoms with E-state index in [9.17, 15) is 14.7 Å². The molecule has 1 amide bonds. The highest BCUT2D eigenvalue weighted by Gasteiger charge is 2.25. The molecule has 2 aromatic rings. The highest BCUT2D eigenvalue weighted by atomic mass is 32.1. The molecule has 1 fully saturated rings. The third-order valence-corrected chi connectivity index (χ3v) is 6.70. The largest absolute Gasteiger partial charge is 0.506 e. The van der Waals surface area contributed by atoms with E-state index in [-0.39, 0.29) is 17.4 Å². The fraction of sp³-hybridized carbons (Fsp3) is 0.619. The van der Waals surface area contributed by atoms with Gasteiger partial charge in [-0.2, -0.15) is 0 Å². The average molecular weight is 406 g/mol. The number of amides is 1. The molecule has 154 valence electrons. The van der Waals surface area contributed by atoms with Crippen LogP contribution < -0.4 is 10.9 Å². The molecule has 6 nitrogen and oxygen atoms in total. The quantitative estimate of drug-likeness (QED) is 0.718. The molecule has 2 aromatic heterocycles. The van der Waals surface area contributed by atoms with E-state index in [1.807, 2.05) is 19.2 Å². The first-order valence-electron chi connectivity index (χ1n) is 10.2. The molecule has 0 spiro atoms. The van der Waals surface area contributed by atoms with Gasteiger partial charge in [0.25, 0.3) is 11.5 Å². The first-order valence-corrected chi connectivity index (χ1v) is 11.1. The minimum absolute atomic E-state index is 0.0946. The highest BCUT2D eigenvalue weighted by molar-refractivity contribution is 7.16. The first-order chi connectivity index (χ1) is 13.3. The molecular weight excluding hydrogens is 374 g/mol. The maximum absolute atomic E-state index is 12.9. The lowest BCUT2D eigenvalue weighted by Crippen LogP contribution is -2.45. The summed E-state index contributed by atoms with van der Waals surface area (Å²) in [6, 6.07) is 2.80.